The number of carbonyl (C=O) groups is 3. The molecular weight excluding hydrogens is 412 g/mol. The van der Waals surface area contributed by atoms with Gasteiger partial charge in [-0.05, 0) is 48.1 Å². The number of carbonyl (C=O) groups excluding carboxylic acids is 3. The number of hydrogen-bond donors (Lipinski definition) is 3. The molecule has 31 heavy (non-hydrogen) atoms. The molecule has 158 valence electrons. The Morgan fingerprint density at radius 1 is 0.903 bits per heavy atom. The van der Waals surface area contributed by atoms with Crippen LogP contribution in [0.2, 0.25) is 0 Å². The Kier molecular flexibility index (Phi) is 6.28. The molecule has 0 radical (unpaired) electrons. The van der Waals surface area contributed by atoms with E-state index in [4.69, 9.17) is 0 Å². The Balaban J connectivity index is 1.36. The zero-order valence-electron chi connectivity index (χ0n) is 16.8. The number of benzene rings is 2. The maximum Gasteiger partial charge on any atom is 0.271 e. The molecule has 0 aliphatic carbocycles. The van der Waals surface area contributed by atoms with Crippen LogP contribution in [0.15, 0.2) is 66.0 Å². The van der Waals surface area contributed by atoms with Crippen LogP contribution in [-0.4, -0.2) is 30.8 Å². The number of hydrazine groups is 1. The fourth-order valence-electron chi connectivity index (χ4n) is 3.56. The molecule has 7 nitrogen and oxygen atoms in total. The monoisotopic (exact) mass is 434 g/mol. The van der Waals surface area contributed by atoms with Crippen molar-refractivity contribution in [2.75, 3.05) is 23.3 Å². The van der Waals surface area contributed by atoms with Crippen LogP contribution in [0.5, 0.6) is 0 Å². The SMILES string of the molecule is O=C(CN1CCCc2ccccc21)NNC(=O)c1ccccc1NC(=O)c1cccs1. The minimum Gasteiger partial charge on any atom is -0.362 e. The number of fused-ring (bicyclic) bond motifs is 1. The number of para-hydroxylation sites is 2. The van der Waals surface area contributed by atoms with Gasteiger partial charge in [-0.1, -0.05) is 36.4 Å². The topological polar surface area (TPSA) is 90.5 Å². The van der Waals surface area contributed by atoms with E-state index in [1.54, 1.807) is 36.4 Å². The number of aryl methyl sites for hydroxylation is 1. The van der Waals surface area contributed by atoms with E-state index in [0.29, 0.717) is 10.6 Å². The molecule has 1 aromatic heterocycles. The smallest absolute Gasteiger partial charge is 0.271 e. The molecule has 0 fully saturated rings. The molecule has 0 saturated heterocycles. The van der Waals surface area contributed by atoms with Gasteiger partial charge in [-0.3, -0.25) is 25.2 Å². The van der Waals surface area contributed by atoms with Crippen LogP contribution in [0.3, 0.4) is 0 Å². The average molecular weight is 435 g/mol. The number of hydrogen-bond acceptors (Lipinski definition) is 5. The zero-order chi connectivity index (χ0) is 21.6. The summed E-state index contributed by atoms with van der Waals surface area (Å²) < 4.78 is 0. The summed E-state index contributed by atoms with van der Waals surface area (Å²) >= 11 is 1.32. The first-order valence-corrected chi connectivity index (χ1v) is 10.9. The first kappa shape index (κ1) is 20.6. The first-order valence-electron chi connectivity index (χ1n) is 9.98. The van der Waals surface area contributed by atoms with Crippen molar-refractivity contribution in [1.82, 2.24) is 10.9 Å². The Morgan fingerprint density at radius 3 is 2.55 bits per heavy atom. The first-order chi connectivity index (χ1) is 15.1. The minimum atomic E-state index is -0.505. The molecular formula is C23H22N4O3S. The van der Waals surface area contributed by atoms with Crippen LogP contribution in [0.1, 0.15) is 32.0 Å². The number of thiophene rings is 1. The maximum atomic E-state index is 12.6. The summed E-state index contributed by atoms with van der Waals surface area (Å²) in [5.41, 5.74) is 7.83. The van der Waals surface area contributed by atoms with E-state index < -0.39 is 5.91 Å². The number of nitrogens with one attached hydrogen (secondary N) is 3. The Labute approximate surface area is 184 Å². The highest BCUT2D eigenvalue weighted by molar-refractivity contribution is 7.12. The normalized spacial score (nSPS) is 12.6. The highest BCUT2D eigenvalue weighted by Gasteiger charge is 2.20. The predicted molar refractivity (Wildman–Crippen MR) is 121 cm³/mol. The van der Waals surface area contributed by atoms with Crippen molar-refractivity contribution in [3.8, 4) is 0 Å². The number of anilines is 2. The van der Waals surface area contributed by atoms with E-state index >= 15 is 0 Å². The number of rotatable bonds is 5. The minimum absolute atomic E-state index is 0.147. The van der Waals surface area contributed by atoms with Gasteiger partial charge in [0.05, 0.1) is 22.7 Å². The van der Waals surface area contributed by atoms with Gasteiger partial charge in [-0.25, -0.2) is 0 Å². The van der Waals surface area contributed by atoms with E-state index in [0.717, 1.165) is 25.1 Å². The lowest BCUT2D eigenvalue weighted by Crippen LogP contribution is -2.47. The van der Waals surface area contributed by atoms with Gasteiger partial charge in [0.2, 0.25) is 0 Å². The largest absolute Gasteiger partial charge is 0.362 e. The van der Waals surface area contributed by atoms with Crippen molar-refractivity contribution in [1.29, 1.82) is 0 Å². The zero-order valence-corrected chi connectivity index (χ0v) is 17.6. The van der Waals surface area contributed by atoms with Crippen molar-refractivity contribution < 1.29 is 14.4 Å². The van der Waals surface area contributed by atoms with Crippen LogP contribution < -0.4 is 21.1 Å². The third-order valence-electron chi connectivity index (χ3n) is 5.02. The third-order valence-corrected chi connectivity index (χ3v) is 5.89. The lowest BCUT2D eigenvalue weighted by Gasteiger charge is -2.30. The van der Waals surface area contributed by atoms with Gasteiger partial charge in [-0.2, -0.15) is 0 Å². The predicted octanol–water partition coefficient (Wildman–Crippen LogP) is 3.21. The van der Waals surface area contributed by atoms with Gasteiger partial charge < -0.3 is 10.2 Å². The van der Waals surface area contributed by atoms with Crippen LogP contribution in [0.25, 0.3) is 0 Å². The van der Waals surface area contributed by atoms with Crippen molar-refractivity contribution in [3.05, 3.63) is 82.0 Å². The Hall–Kier alpha value is -3.65. The van der Waals surface area contributed by atoms with Gasteiger partial charge >= 0.3 is 0 Å². The summed E-state index contributed by atoms with van der Waals surface area (Å²) in [5, 5.41) is 4.56. The third kappa shape index (κ3) is 4.92. The molecule has 0 atom stereocenters. The van der Waals surface area contributed by atoms with E-state index in [1.165, 1.54) is 16.9 Å². The van der Waals surface area contributed by atoms with Crippen molar-refractivity contribution in [3.63, 3.8) is 0 Å². The fourth-order valence-corrected chi connectivity index (χ4v) is 4.18. The molecule has 8 heteroatoms. The Bertz CT molecular complexity index is 1100. The highest BCUT2D eigenvalue weighted by Crippen LogP contribution is 2.26. The molecule has 1 aliphatic heterocycles. The molecule has 2 aromatic carbocycles. The molecule has 2 heterocycles. The molecule has 0 spiro atoms. The van der Waals surface area contributed by atoms with Gasteiger partial charge in [0.1, 0.15) is 0 Å². The standard InChI is InChI=1S/C23H22N4O3S/c28-21(15-27-13-5-8-16-7-1-4-11-19(16)27)25-26-22(29)17-9-2-3-10-18(17)24-23(30)20-12-6-14-31-20/h1-4,6-7,9-12,14H,5,8,13,15H2,(H,24,30)(H,25,28)(H,26,29). The summed E-state index contributed by atoms with van der Waals surface area (Å²) in [6, 6.07) is 18.2. The van der Waals surface area contributed by atoms with E-state index in [-0.39, 0.29) is 23.9 Å². The lowest BCUT2D eigenvalue weighted by molar-refractivity contribution is -0.120. The number of nitrogens with zero attached hydrogens (tertiary/aromatic N) is 1. The summed E-state index contributed by atoms with van der Waals surface area (Å²) in [6.45, 7) is 0.935. The molecule has 0 saturated carbocycles. The van der Waals surface area contributed by atoms with Crippen LogP contribution in [0.4, 0.5) is 11.4 Å². The number of amides is 3. The summed E-state index contributed by atoms with van der Waals surface area (Å²) in [7, 11) is 0. The van der Waals surface area contributed by atoms with Crippen molar-refractivity contribution in [2.45, 2.75) is 12.8 Å². The molecule has 0 unspecified atom stereocenters. The van der Waals surface area contributed by atoms with E-state index in [9.17, 15) is 14.4 Å². The van der Waals surface area contributed by atoms with E-state index in [1.807, 2.05) is 28.5 Å². The van der Waals surface area contributed by atoms with E-state index in [2.05, 4.69) is 22.2 Å². The summed E-state index contributed by atoms with van der Waals surface area (Å²) in [6.07, 6.45) is 1.98. The average Bonchev–Trinajstić information content (AvgIpc) is 3.33. The molecule has 3 aromatic rings. The highest BCUT2D eigenvalue weighted by atomic mass is 32.1. The van der Waals surface area contributed by atoms with Crippen molar-refractivity contribution in [2.24, 2.45) is 0 Å². The lowest BCUT2D eigenvalue weighted by atomic mass is 10.0. The van der Waals surface area contributed by atoms with Crippen molar-refractivity contribution >= 4 is 40.4 Å². The summed E-state index contributed by atoms with van der Waals surface area (Å²) in [5.74, 6) is -1.11. The van der Waals surface area contributed by atoms with Crippen LogP contribution >= 0.6 is 11.3 Å². The van der Waals surface area contributed by atoms with Gasteiger partial charge in [0.25, 0.3) is 17.7 Å². The second kappa shape index (κ2) is 9.44. The second-order valence-corrected chi connectivity index (χ2v) is 8.08. The molecule has 1 aliphatic rings. The molecule has 3 N–H and O–H groups in total. The second-order valence-electron chi connectivity index (χ2n) is 7.13. The Morgan fingerprint density at radius 2 is 1.71 bits per heavy atom. The van der Waals surface area contributed by atoms with Crippen LogP contribution in [-0.2, 0) is 11.2 Å². The van der Waals surface area contributed by atoms with Gasteiger partial charge in [0, 0.05) is 12.2 Å². The fraction of sp³-hybridized carbons (Fsp3) is 0.174. The maximum absolute atomic E-state index is 12.6. The molecule has 0 bridgehead atoms. The van der Waals surface area contributed by atoms with Crippen LogP contribution in [0, 0.1) is 0 Å². The molecule has 4 rings (SSSR count). The van der Waals surface area contributed by atoms with Gasteiger partial charge in [0.15, 0.2) is 0 Å². The quantitative estimate of drug-likeness (QED) is 0.538. The van der Waals surface area contributed by atoms with Gasteiger partial charge in [-0.15, -0.1) is 11.3 Å². The summed E-state index contributed by atoms with van der Waals surface area (Å²) in [4.78, 5) is 40.0. The molecule has 3 amide bonds.